The molecule has 0 bridgehead atoms. The largest absolute Gasteiger partial charge is 0.508 e. The van der Waals surface area contributed by atoms with Gasteiger partial charge in [0.2, 0.25) is 47.3 Å². The minimum absolute atomic E-state index is 0.0571. The van der Waals surface area contributed by atoms with E-state index in [0.717, 1.165) is 4.90 Å². The van der Waals surface area contributed by atoms with Crippen LogP contribution < -0.4 is 49.1 Å². The number of rotatable bonds is 17. The smallest absolute Gasteiger partial charge is 0.246 e. The quantitative estimate of drug-likeness (QED) is 0.0661. The molecule has 10 atom stereocenters. The van der Waals surface area contributed by atoms with Crippen LogP contribution in [0.4, 0.5) is 0 Å². The highest BCUT2D eigenvalue weighted by molar-refractivity contribution is 7.98. The van der Waals surface area contributed by atoms with Crippen LogP contribution in [0.15, 0.2) is 18.7 Å². The number of aromatic hydroxyl groups is 1. The van der Waals surface area contributed by atoms with E-state index in [4.69, 9.17) is 17.2 Å². The number of nitrogens with one attached hydrogen (secondary N) is 6. The molecule has 1 saturated heterocycles. The van der Waals surface area contributed by atoms with E-state index >= 15 is 0 Å². The second-order valence-electron chi connectivity index (χ2n) is 16.5. The standard InChI is InChI=1S/C42H66N10O12S/c1-6-20(2)36(50-34(58)15-44)40(62)46-16-35(59)48-28-13-26-25(7-8-31(55)27(26)19-65-10-9-43)21(3)11-22(4)47-41(63)37(23(5)32(56)18-53)51-39(61)30-12-24(54)17-52(30)42(64)29(14-33(45)57)49-38(28)60/h7-8,20,22-24,28-30,32,36-37,53-56H,3,6,9-19,43-44H2,1-2,4-5H3,(H2,45,57)(H,46,62)(H,47,63)(H,48,59)(H,49,60)(H,50,58)(H,51,61)/t20-,22+,23-,24+,28?,29-,30?,32?,36-,37-/m0/s1. The number of aliphatic hydroxyl groups is 3. The van der Waals surface area contributed by atoms with Gasteiger partial charge in [-0.15, -0.1) is 0 Å². The topological polar surface area (TPSA) is 371 Å². The second kappa shape index (κ2) is 25.4. The number of thioether (sulfide) groups is 1. The number of phenolic OH excluding ortho intramolecular Hbond substituents is 1. The van der Waals surface area contributed by atoms with Crippen molar-refractivity contribution in [2.24, 2.45) is 29.0 Å². The van der Waals surface area contributed by atoms with E-state index in [-0.39, 0.29) is 43.2 Å². The van der Waals surface area contributed by atoms with Crippen molar-refractivity contribution in [3.63, 3.8) is 0 Å². The Balaban J connectivity index is 2.21. The molecule has 0 radical (unpaired) electrons. The number of hydrogen-bond donors (Lipinski definition) is 13. The number of primary amides is 1. The normalized spacial score (nSPS) is 24.1. The first kappa shape index (κ1) is 54.0. The molecule has 1 fully saturated rings. The molecule has 362 valence electrons. The lowest BCUT2D eigenvalue weighted by Gasteiger charge is -2.33. The van der Waals surface area contributed by atoms with Gasteiger partial charge in [-0.2, -0.15) is 11.8 Å². The number of fused-ring (bicyclic) bond motifs is 2. The van der Waals surface area contributed by atoms with Gasteiger partial charge in [0.05, 0.1) is 38.3 Å². The zero-order chi connectivity index (χ0) is 48.7. The Morgan fingerprint density at radius 2 is 1.71 bits per heavy atom. The maximum atomic E-state index is 14.6. The number of phenols is 1. The Morgan fingerprint density at radius 3 is 2.32 bits per heavy atom. The Morgan fingerprint density at radius 1 is 1.02 bits per heavy atom. The highest BCUT2D eigenvalue weighted by Gasteiger charge is 2.44. The maximum Gasteiger partial charge on any atom is 0.246 e. The van der Waals surface area contributed by atoms with E-state index in [0.29, 0.717) is 41.0 Å². The van der Waals surface area contributed by atoms with Crippen LogP contribution in [0.1, 0.15) is 70.1 Å². The Bertz CT molecular complexity index is 1920. The van der Waals surface area contributed by atoms with E-state index in [2.05, 4.69) is 38.5 Å². The van der Waals surface area contributed by atoms with Crippen LogP contribution in [-0.4, -0.2) is 160 Å². The third kappa shape index (κ3) is 15.1. The average molecular weight is 935 g/mol. The van der Waals surface area contributed by atoms with Crippen molar-refractivity contribution in [3.8, 4) is 5.75 Å². The molecular weight excluding hydrogens is 869 g/mol. The number of carbonyl (C=O) groups excluding carboxylic acids is 8. The van der Waals surface area contributed by atoms with Gasteiger partial charge in [0.25, 0.3) is 0 Å². The molecule has 2 heterocycles. The van der Waals surface area contributed by atoms with Gasteiger partial charge in [0.1, 0.15) is 36.0 Å². The number of benzene rings is 1. The molecule has 3 rings (SSSR count). The van der Waals surface area contributed by atoms with Crippen molar-refractivity contribution in [3.05, 3.63) is 35.4 Å². The van der Waals surface area contributed by atoms with Crippen molar-refractivity contribution < 1.29 is 58.8 Å². The number of nitrogens with zero attached hydrogens (tertiary/aromatic N) is 1. The van der Waals surface area contributed by atoms with Gasteiger partial charge in [0, 0.05) is 55.0 Å². The predicted octanol–water partition coefficient (Wildman–Crippen LogP) is -4.07. The number of aliphatic hydroxyl groups excluding tert-OH is 3. The van der Waals surface area contributed by atoms with E-state index < -0.39 is 128 Å². The number of amides is 8. The molecule has 2 aliphatic rings. The van der Waals surface area contributed by atoms with Gasteiger partial charge >= 0.3 is 0 Å². The number of nitrogens with two attached hydrogens (primary N) is 3. The molecule has 0 spiro atoms. The van der Waals surface area contributed by atoms with E-state index in [9.17, 15) is 58.8 Å². The minimum Gasteiger partial charge on any atom is -0.508 e. The molecule has 23 heteroatoms. The summed E-state index contributed by atoms with van der Waals surface area (Å²) in [5.41, 5.74) is 18.2. The molecule has 16 N–H and O–H groups in total. The molecule has 22 nitrogen and oxygen atoms in total. The van der Waals surface area contributed by atoms with Gasteiger partial charge in [-0.3, -0.25) is 38.4 Å². The molecular formula is C42H66N10O12S. The minimum atomic E-state index is -1.77. The SMILES string of the molecule is C=C1C[C@@H](C)NC(=O)[C@H]([C@@H](C)C(O)CO)NC(=O)C2C[C@@H](O)CN2C(=O)[C@H](CC(N)=O)NC(=O)C(NC(=O)CNC(=O)[C@@H](NC(=O)CN)[C@@H](C)CC)Cc2c1ccc(O)c2CSCCN. The van der Waals surface area contributed by atoms with Crippen molar-refractivity contribution in [2.45, 2.75) is 114 Å². The second-order valence-corrected chi connectivity index (χ2v) is 17.7. The third-order valence-corrected chi connectivity index (χ3v) is 12.5. The number of hydrogen-bond acceptors (Lipinski definition) is 15. The maximum absolute atomic E-state index is 14.6. The third-order valence-electron chi connectivity index (χ3n) is 11.5. The summed E-state index contributed by atoms with van der Waals surface area (Å²) >= 11 is 1.36. The summed E-state index contributed by atoms with van der Waals surface area (Å²) in [5.74, 6) is -7.93. The van der Waals surface area contributed by atoms with Gasteiger partial charge in [-0.05, 0) is 42.0 Å². The highest BCUT2D eigenvalue weighted by atomic mass is 32.2. The van der Waals surface area contributed by atoms with Crippen molar-refractivity contribution in [1.29, 1.82) is 0 Å². The molecule has 1 aromatic rings. The van der Waals surface area contributed by atoms with E-state index in [1.807, 2.05) is 0 Å². The molecule has 0 aromatic heterocycles. The summed E-state index contributed by atoms with van der Waals surface area (Å²) in [6.07, 6.45) is -3.70. The molecule has 1 aromatic carbocycles. The van der Waals surface area contributed by atoms with Crippen LogP contribution in [0.25, 0.3) is 5.57 Å². The van der Waals surface area contributed by atoms with Crippen LogP contribution >= 0.6 is 11.8 Å². The molecule has 2 aliphatic heterocycles. The van der Waals surface area contributed by atoms with Crippen LogP contribution in [0, 0.1) is 11.8 Å². The summed E-state index contributed by atoms with van der Waals surface area (Å²) in [7, 11) is 0. The lowest BCUT2D eigenvalue weighted by Crippen LogP contribution is -2.60. The summed E-state index contributed by atoms with van der Waals surface area (Å²) in [6.45, 7) is 8.87. The van der Waals surface area contributed by atoms with Gasteiger partial charge in [-0.25, -0.2) is 0 Å². The fourth-order valence-electron chi connectivity index (χ4n) is 7.65. The van der Waals surface area contributed by atoms with Gasteiger partial charge in [0.15, 0.2) is 0 Å². The fourth-order valence-corrected chi connectivity index (χ4v) is 8.49. The predicted molar refractivity (Wildman–Crippen MR) is 240 cm³/mol. The summed E-state index contributed by atoms with van der Waals surface area (Å²) < 4.78 is 0. The summed E-state index contributed by atoms with van der Waals surface area (Å²) in [6, 6.07) is -5.09. The van der Waals surface area contributed by atoms with E-state index in [1.54, 1.807) is 26.8 Å². The Hall–Kier alpha value is -5.33. The van der Waals surface area contributed by atoms with Crippen LogP contribution in [-0.2, 0) is 50.5 Å². The van der Waals surface area contributed by atoms with Gasteiger partial charge in [-0.1, -0.05) is 39.8 Å². The molecule has 0 aliphatic carbocycles. The fraction of sp³-hybridized carbons (Fsp3) is 0.619. The first-order chi connectivity index (χ1) is 30.7. The summed E-state index contributed by atoms with van der Waals surface area (Å²) in [5, 5.41) is 57.8. The lowest BCUT2D eigenvalue weighted by atomic mass is 9.88. The highest BCUT2D eigenvalue weighted by Crippen LogP contribution is 2.34. The van der Waals surface area contributed by atoms with Crippen LogP contribution in [0.3, 0.4) is 0 Å². The number of carbonyl (C=O) groups is 8. The van der Waals surface area contributed by atoms with Crippen LogP contribution in [0.2, 0.25) is 0 Å². The molecule has 8 amide bonds. The van der Waals surface area contributed by atoms with Crippen LogP contribution in [0.5, 0.6) is 5.75 Å². The average Bonchev–Trinajstić information content (AvgIpc) is 3.66. The monoisotopic (exact) mass is 934 g/mol. The Labute approximate surface area is 382 Å². The lowest BCUT2D eigenvalue weighted by molar-refractivity contribution is -0.144. The Kier molecular flexibility index (Phi) is 21.1. The summed E-state index contributed by atoms with van der Waals surface area (Å²) in [4.78, 5) is 109. The zero-order valence-corrected chi connectivity index (χ0v) is 38.1. The van der Waals surface area contributed by atoms with Crippen molar-refractivity contribution in [2.75, 3.05) is 38.5 Å². The van der Waals surface area contributed by atoms with Gasteiger partial charge < -0.3 is 74.4 Å². The van der Waals surface area contributed by atoms with Crippen molar-refractivity contribution >= 4 is 64.6 Å². The zero-order valence-electron chi connectivity index (χ0n) is 37.3. The first-order valence-electron chi connectivity index (χ1n) is 21.5. The molecule has 3 unspecified atom stereocenters. The van der Waals surface area contributed by atoms with E-state index in [1.165, 1.54) is 24.8 Å². The first-order valence-corrected chi connectivity index (χ1v) is 22.7. The van der Waals surface area contributed by atoms with Crippen molar-refractivity contribution in [1.82, 2.24) is 36.8 Å². The molecule has 65 heavy (non-hydrogen) atoms. The molecule has 0 saturated carbocycles.